The van der Waals surface area contributed by atoms with Gasteiger partial charge in [0.2, 0.25) is 5.91 Å². The van der Waals surface area contributed by atoms with Gasteiger partial charge in [-0.1, -0.05) is 28.1 Å². The van der Waals surface area contributed by atoms with Crippen LogP contribution in [0, 0.1) is 0 Å². The van der Waals surface area contributed by atoms with Gasteiger partial charge in [-0.3, -0.25) is 4.79 Å². The van der Waals surface area contributed by atoms with Crippen molar-refractivity contribution in [2.75, 3.05) is 12.0 Å². The number of hydrogen-bond donors (Lipinski definition) is 1. The lowest BCUT2D eigenvalue weighted by atomic mass is 9.88. The van der Waals surface area contributed by atoms with Crippen LogP contribution in [-0.4, -0.2) is 19.1 Å². The second-order valence-electron chi connectivity index (χ2n) is 4.93. The fourth-order valence-corrected chi connectivity index (χ4v) is 2.82. The van der Waals surface area contributed by atoms with Crippen molar-refractivity contribution in [2.45, 2.75) is 12.1 Å². The highest BCUT2D eigenvalue weighted by Crippen LogP contribution is 2.38. The van der Waals surface area contributed by atoms with E-state index in [1.54, 1.807) is 12.0 Å². The van der Waals surface area contributed by atoms with Gasteiger partial charge in [-0.25, -0.2) is 0 Å². The van der Waals surface area contributed by atoms with E-state index in [1.165, 1.54) is 0 Å². The zero-order valence-corrected chi connectivity index (χ0v) is 13.1. The van der Waals surface area contributed by atoms with Crippen LogP contribution in [0.2, 0.25) is 0 Å². The Bertz CT molecular complexity index is 655. The molecule has 0 spiro atoms. The highest BCUT2D eigenvalue weighted by atomic mass is 79.9. The summed E-state index contributed by atoms with van der Waals surface area (Å²) in [5.41, 5.74) is 7.85. The van der Waals surface area contributed by atoms with Gasteiger partial charge in [0.15, 0.2) is 0 Å². The van der Waals surface area contributed by atoms with Gasteiger partial charge in [-0.05, 0) is 42.0 Å². The molecule has 2 N–H and O–H groups in total. The lowest BCUT2D eigenvalue weighted by Gasteiger charge is -2.45. The normalized spacial score (nSPS) is 21.1. The maximum atomic E-state index is 12.1. The van der Waals surface area contributed by atoms with E-state index in [0.717, 1.165) is 21.5 Å². The zero-order chi connectivity index (χ0) is 15.0. The van der Waals surface area contributed by atoms with Crippen molar-refractivity contribution in [3.63, 3.8) is 0 Å². The van der Waals surface area contributed by atoms with E-state index >= 15 is 0 Å². The Kier molecular flexibility index (Phi) is 3.69. The number of amides is 1. The molecule has 108 valence electrons. The van der Waals surface area contributed by atoms with Crippen LogP contribution in [-0.2, 0) is 4.79 Å². The number of β-lactam (4-membered cyclic amide) rings is 1. The van der Waals surface area contributed by atoms with Crippen molar-refractivity contribution >= 4 is 27.5 Å². The van der Waals surface area contributed by atoms with Gasteiger partial charge in [0, 0.05) is 10.2 Å². The van der Waals surface area contributed by atoms with Crippen molar-refractivity contribution in [3.8, 4) is 5.75 Å². The molecule has 0 aromatic heterocycles. The number of benzene rings is 2. The lowest BCUT2D eigenvalue weighted by molar-refractivity contribution is -0.126. The Hall–Kier alpha value is -1.85. The summed E-state index contributed by atoms with van der Waals surface area (Å²) in [6.07, 6.45) is 0. The Morgan fingerprint density at radius 3 is 2.29 bits per heavy atom. The van der Waals surface area contributed by atoms with Gasteiger partial charge >= 0.3 is 0 Å². The molecule has 2 atom stereocenters. The van der Waals surface area contributed by atoms with Gasteiger partial charge in [-0.15, -0.1) is 0 Å². The number of carbonyl (C=O) groups excluding carboxylic acids is 1. The quantitative estimate of drug-likeness (QED) is 0.869. The number of carbonyl (C=O) groups is 1. The van der Waals surface area contributed by atoms with Gasteiger partial charge < -0.3 is 15.4 Å². The molecule has 3 rings (SSSR count). The van der Waals surface area contributed by atoms with E-state index in [4.69, 9.17) is 10.5 Å². The molecule has 1 aliphatic rings. The third-order valence-electron chi connectivity index (χ3n) is 3.70. The number of anilines is 1. The SMILES string of the molecule is COc1ccc(N2C(=O)[C@@H](N)[C@@H]2c2ccc(Br)cc2)cc1. The van der Waals surface area contributed by atoms with Crippen LogP contribution >= 0.6 is 15.9 Å². The summed E-state index contributed by atoms with van der Waals surface area (Å²) < 4.78 is 6.14. The molecule has 0 bridgehead atoms. The molecule has 2 aromatic rings. The second kappa shape index (κ2) is 5.50. The first-order valence-electron chi connectivity index (χ1n) is 6.60. The van der Waals surface area contributed by atoms with Crippen molar-refractivity contribution in [3.05, 3.63) is 58.6 Å². The van der Waals surface area contributed by atoms with E-state index in [1.807, 2.05) is 48.5 Å². The maximum absolute atomic E-state index is 12.1. The highest BCUT2D eigenvalue weighted by Gasteiger charge is 2.46. The molecule has 21 heavy (non-hydrogen) atoms. The molecule has 0 saturated carbocycles. The third kappa shape index (κ3) is 2.43. The number of methoxy groups -OCH3 is 1. The van der Waals surface area contributed by atoms with E-state index in [0.29, 0.717) is 0 Å². The molecule has 1 amide bonds. The predicted octanol–water partition coefficient (Wildman–Crippen LogP) is 2.87. The summed E-state index contributed by atoms with van der Waals surface area (Å²) in [5.74, 6) is 0.698. The molecule has 1 heterocycles. The average Bonchev–Trinajstić information content (AvgIpc) is 2.53. The fourth-order valence-electron chi connectivity index (χ4n) is 2.56. The second-order valence-corrected chi connectivity index (χ2v) is 5.84. The monoisotopic (exact) mass is 346 g/mol. The van der Waals surface area contributed by atoms with Gasteiger partial charge in [-0.2, -0.15) is 0 Å². The van der Waals surface area contributed by atoms with Crippen LogP contribution in [0.3, 0.4) is 0 Å². The first-order valence-corrected chi connectivity index (χ1v) is 7.39. The van der Waals surface area contributed by atoms with Gasteiger partial charge in [0.05, 0.1) is 13.2 Å². The van der Waals surface area contributed by atoms with E-state index in [-0.39, 0.29) is 11.9 Å². The minimum absolute atomic E-state index is 0.0620. The molecule has 0 aliphatic carbocycles. The zero-order valence-electron chi connectivity index (χ0n) is 11.5. The molecule has 1 aliphatic heterocycles. The number of halogens is 1. The van der Waals surface area contributed by atoms with Crippen molar-refractivity contribution in [2.24, 2.45) is 5.73 Å². The Morgan fingerprint density at radius 2 is 1.71 bits per heavy atom. The van der Waals surface area contributed by atoms with Crippen molar-refractivity contribution < 1.29 is 9.53 Å². The van der Waals surface area contributed by atoms with Crippen LogP contribution in [0.1, 0.15) is 11.6 Å². The topological polar surface area (TPSA) is 55.6 Å². The standard InChI is InChI=1S/C16H15BrN2O2/c1-21-13-8-6-12(7-9-13)19-15(14(18)16(19)20)10-2-4-11(17)5-3-10/h2-9,14-15H,18H2,1H3/t14-,15-/m0/s1. The molecule has 5 heteroatoms. The van der Waals surface area contributed by atoms with Crippen LogP contribution in [0.25, 0.3) is 0 Å². The highest BCUT2D eigenvalue weighted by molar-refractivity contribution is 9.10. The first-order chi connectivity index (χ1) is 10.1. The predicted molar refractivity (Wildman–Crippen MR) is 85.3 cm³/mol. The Labute approximate surface area is 131 Å². The molecular formula is C16H15BrN2O2. The van der Waals surface area contributed by atoms with Crippen molar-refractivity contribution in [1.29, 1.82) is 0 Å². The number of ether oxygens (including phenoxy) is 1. The smallest absolute Gasteiger partial charge is 0.247 e. The molecule has 1 fully saturated rings. The summed E-state index contributed by atoms with van der Waals surface area (Å²) in [5, 5.41) is 0. The van der Waals surface area contributed by atoms with E-state index < -0.39 is 6.04 Å². The van der Waals surface area contributed by atoms with Crippen LogP contribution < -0.4 is 15.4 Å². The molecule has 2 aromatic carbocycles. The minimum Gasteiger partial charge on any atom is -0.497 e. The van der Waals surface area contributed by atoms with E-state index in [2.05, 4.69) is 15.9 Å². The van der Waals surface area contributed by atoms with Gasteiger partial charge in [0.1, 0.15) is 11.8 Å². The minimum atomic E-state index is -0.492. The summed E-state index contributed by atoms with van der Waals surface area (Å²) in [6, 6.07) is 14.7. The number of hydrogen-bond acceptors (Lipinski definition) is 3. The van der Waals surface area contributed by atoms with Crippen LogP contribution in [0.5, 0.6) is 5.75 Å². The number of rotatable bonds is 3. The van der Waals surface area contributed by atoms with Crippen LogP contribution in [0.4, 0.5) is 5.69 Å². The summed E-state index contributed by atoms with van der Waals surface area (Å²) in [6.45, 7) is 0. The third-order valence-corrected chi connectivity index (χ3v) is 4.23. The van der Waals surface area contributed by atoms with Crippen LogP contribution in [0.15, 0.2) is 53.0 Å². The summed E-state index contributed by atoms with van der Waals surface area (Å²) >= 11 is 3.41. The maximum Gasteiger partial charge on any atom is 0.247 e. The number of nitrogens with zero attached hydrogens (tertiary/aromatic N) is 1. The molecule has 1 saturated heterocycles. The molecule has 4 nitrogen and oxygen atoms in total. The van der Waals surface area contributed by atoms with E-state index in [9.17, 15) is 4.79 Å². The fraction of sp³-hybridized carbons (Fsp3) is 0.188. The summed E-state index contributed by atoms with van der Waals surface area (Å²) in [4.78, 5) is 13.9. The first kappa shape index (κ1) is 14.1. The summed E-state index contributed by atoms with van der Waals surface area (Å²) in [7, 11) is 1.62. The number of nitrogens with two attached hydrogens (primary N) is 1. The van der Waals surface area contributed by atoms with Gasteiger partial charge in [0.25, 0.3) is 0 Å². The Balaban J connectivity index is 1.92. The van der Waals surface area contributed by atoms with Crippen molar-refractivity contribution in [1.82, 2.24) is 0 Å². The molecule has 0 unspecified atom stereocenters. The average molecular weight is 347 g/mol. The molecular weight excluding hydrogens is 332 g/mol. The largest absolute Gasteiger partial charge is 0.497 e. The molecule has 0 radical (unpaired) electrons. The lowest BCUT2D eigenvalue weighted by Crippen LogP contribution is -2.63. The Morgan fingerprint density at radius 1 is 1.10 bits per heavy atom.